The maximum absolute atomic E-state index is 5.72. The molecule has 70 valence electrons. The lowest BCUT2D eigenvalue weighted by Gasteiger charge is -2.31. The van der Waals surface area contributed by atoms with Gasteiger partial charge in [-0.2, -0.15) is 12.6 Å². The van der Waals surface area contributed by atoms with Crippen LogP contribution in [0.1, 0.15) is 20.3 Å². The van der Waals surface area contributed by atoms with E-state index in [-0.39, 0.29) is 5.41 Å². The maximum Gasteiger partial charge on any atom is 0.0215 e. The zero-order valence-corrected chi connectivity index (χ0v) is 8.85. The smallest absolute Gasteiger partial charge is 0.0215 e. The fourth-order valence-electron chi connectivity index (χ4n) is 1.30. The van der Waals surface area contributed by atoms with Gasteiger partial charge < -0.3 is 5.73 Å². The highest BCUT2D eigenvalue weighted by Crippen LogP contribution is 2.32. The van der Waals surface area contributed by atoms with E-state index in [1.165, 1.54) is 0 Å². The van der Waals surface area contributed by atoms with Gasteiger partial charge >= 0.3 is 0 Å². The van der Waals surface area contributed by atoms with E-state index in [4.69, 9.17) is 5.73 Å². The van der Waals surface area contributed by atoms with Crippen LogP contribution in [0.25, 0.3) is 0 Å². The van der Waals surface area contributed by atoms with Gasteiger partial charge in [0.1, 0.15) is 0 Å². The average molecular weight is 185 g/mol. The van der Waals surface area contributed by atoms with E-state index < -0.39 is 0 Å². The largest absolute Gasteiger partial charge is 0.329 e. The molecule has 0 heterocycles. The highest BCUT2D eigenvalue weighted by atomic mass is 32.1. The van der Waals surface area contributed by atoms with Crippen molar-refractivity contribution in [1.29, 1.82) is 0 Å². The average Bonchev–Trinajstić information content (AvgIpc) is 2.13. The lowest BCUT2D eigenvalue weighted by atomic mass is 9.75. The monoisotopic (exact) mass is 185 g/mol. The molecule has 0 saturated carbocycles. The van der Waals surface area contributed by atoms with Crippen molar-refractivity contribution in [3.8, 4) is 0 Å². The number of rotatable bonds is 5. The molecule has 0 aliphatic heterocycles. The Bertz CT molecular complexity index is 165. The molecule has 2 atom stereocenters. The van der Waals surface area contributed by atoms with Crippen LogP contribution in [0.15, 0.2) is 24.1 Å². The predicted octanol–water partition coefficient (Wildman–Crippen LogP) is 2.61. The Morgan fingerprint density at radius 2 is 2.25 bits per heavy atom. The van der Waals surface area contributed by atoms with Gasteiger partial charge in [0.2, 0.25) is 0 Å². The molecule has 0 spiro atoms. The Morgan fingerprint density at radius 1 is 1.67 bits per heavy atom. The summed E-state index contributed by atoms with van der Waals surface area (Å²) in [6.07, 6.45) is 5.05. The normalized spacial score (nSPS) is 19.0. The van der Waals surface area contributed by atoms with Gasteiger partial charge in [-0.3, -0.25) is 0 Å². The molecule has 0 aromatic carbocycles. The quantitative estimate of drug-likeness (QED) is 0.500. The number of thiol groups is 1. The Morgan fingerprint density at radius 3 is 2.50 bits per heavy atom. The van der Waals surface area contributed by atoms with Gasteiger partial charge in [0, 0.05) is 12.0 Å². The first-order chi connectivity index (χ1) is 5.66. The van der Waals surface area contributed by atoms with Crippen LogP contribution in [0.2, 0.25) is 0 Å². The summed E-state index contributed by atoms with van der Waals surface area (Å²) < 4.78 is 0. The molecular formula is C10H19NS. The molecule has 0 fully saturated rings. The van der Waals surface area contributed by atoms with Gasteiger partial charge in [0.25, 0.3) is 0 Å². The van der Waals surface area contributed by atoms with Crippen molar-refractivity contribution in [3.63, 3.8) is 0 Å². The fourth-order valence-corrected chi connectivity index (χ4v) is 1.58. The summed E-state index contributed by atoms with van der Waals surface area (Å²) in [5.74, 6) is 0.517. The highest BCUT2D eigenvalue weighted by molar-refractivity contribution is 7.83. The minimum atomic E-state index is -0.0729. The maximum atomic E-state index is 5.72. The van der Waals surface area contributed by atoms with Gasteiger partial charge in [-0.1, -0.05) is 32.4 Å². The molecule has 0 aliphatic carbocycles. The van der Waals surface area contributed by atoms with Crippen molar-refractivity contribution in [2.45, 2.75) is 20.3 Å². The van der Waals surface area contributed by atoms with Crippen molar-refractivity contribution in [1.82, 2.24) is 0 Å². The summed E-state index contributed by atoms with van der Waals surface area (Å²) in [6.45, 7) is 8.77. The van der Waals surface area contributed by atoms with E-state index in [0.717, 1.165) is 6.42 Å². The molecule has 0 amide bonds. The van der Waals surface area contributed by atoms with Crippen LogP contribution in [0.3, 0.4) is 0 Å². The lowest BCUT2D eigenvalue weighted by molar-refractivity contribution is 0.322. The van der Waals surface area contributed by atoms with Crippen LogP contribution < -0.4 is 5.73 Å². The topological polar surface area (TPSA) is 26.0 Å². The van der Waals surface area contributed by atoms with Crippen LogP contribution in [0.5, 0.6) is 0 Å². The SMILES string of the molecule is C=CC(/C=C\S)(CN)C(C)CC. The van der Waals surface area contributed by atoms with Crippen LogP contribution in [-0.4, -0.2) is 6.54 Å². The molecule has 0 aromatic rings. The Balaban J connectivity index is 4.67. The summed E-state index contributed by atoms with van der Waals surface area (Å²) in [5.41, 5.74) is 5.65. The molecule has 1 nitrogen and oxygen atoms in total. The Kier molecular flexibility index (Phi) is 5.34. The second-order valence-corrected chi connectivity index (χ2v) is 3.44. The van der Waals surface area contributed by atoms with E-state index in [1.54, 1.807) is 5.41 Å². The van der Waals surface area contributed by atoms with Crippen molar-refractivity contribution < 1.29 is 0 Å². The number of nitrogens with two attached hydrogens (primary N) is 1. The minimum Gasteiger partial charge on any atom is -0.329 e. The standard InChI is InChI=1S/C10H19NS/c1-4-9(3)10(5-2,8-11)6-7-12/h5-7,9,12H,2,4,8,11H2,1,3H3/b7-6-. The molecule has 2 heteroatoms. The van der Waals surface area contributed by atoms with E-state index >= 15 is 0 Å². The van der Waals surface area contributed by atoms with E-state index in [0.29, 0.717) is 12.5 Å². The van der Waals surface area contributed by atoms with Crippen molar-refractivity contribution in [2.24, 2.45) is 17.1 Å². The zero-order chi connectivity index (χ0) is 9.61. The number of hydrogen-bond acceptors (Lipinski definition) is 2. The van der Waals surface area contributed by atoms with Gasteiger partial charge in [0.15, 0.2) is 0 Å². The van der Waals surface area contributed by atoms with E-state index in [9.17, 15) is 0 Å². The third-order valence-electron chi connectivity index (χ3n) is 2.65. The van der Waals surface area contributed by atoms with Gasteiger partial charge in [-0.15, -0.1) is 6.58 Å². The lowest BCUT2D eigenvalue weighted by Crippen LogP contribution is -2.32. The molecule has 2 unspecified atom stereocenters. The van der Waals surface area contributed by atoms with Crippen LogP contribution in [0.4, 0.5) is 0 Å². The summed E-state index contributed by atoms with van der Waals surface area (Å²) in [4.78, 5) is 0. The molecule has 2 N–H and O–H groups in total. The van der Waals surface area contributed by atoms with Gasteiger partial charge in [-0.25, -0.2) is 0 Å². The minimum absolute atomic E-state index is 0.0729. The van der Waals surface area contributed by atoms with Crippen LogP contribution in [0, 0.1) is 11.3 Å². The van der Waals surface area contributed by atoms with Gasteiger partial charge in [0.05, 0.1) is 0 Å². The second-order valence-electron chi connectivity index (χ2n) is 3.15. The summed E-state index contributed by atoms with van der Waals surface area (Å²) >= 11 is 4.07. The van der Waals surface area contributed by atoms with Crippen molar-refractivity contribution >= 4 is 12.6 Å². The molecule has 0 aromatic heterocycles. The predicted molar refractivity (Wildman–Crippen MR) is 59.3 cm³/mol. The molecule has 0 rings (SSSR count). The molecule has 0 bridgehead atoms. The van der Waals surface area contributed by atoms with Crippen molar-refractivity contribution in [3.05, 3.63) is 24.1 Å². The zero-order valence-electron chi connectivity index (χ0n) is 7.96. The van der Waals surface area contributed by atoms with Crippen molar-refractivity contribution in [2.75, 3.05) is 6.54 Å². The second kappa shape index (κ2) is 5.44. The number of hydrogen-bond donors (Lipinski definition) is 2. The van der Waals surface area contributed by atoms with Crippen LogP contribution >= 0.6 is 12.6 Å². The third kappa shape index (κ3) is 2.39. The highest BCUT2D eigenvalue weighted by Gasteiger charge is 2.27. The summed E-state index contributed by atoms with van der Waals surface area (Å²) in [7, 11) is 0. The Labute approximate surface area is 81.1 Å². The third-order valence-corrected chi connectivity index (χ3v) is 2.80. The molecule has 0 radical (unpaired) electrons. The first kappa shape index (κ1) is 11.8. The molecule has 0 saturated heterocycles. The fraction of sp³-hybridized carbons (Fsp3) is 0.600. The molecular weight excluding hydrogens is 166 g/mol. The Hall–Kier alpha value is -0.210. The first-order valence-electron chi connectivity index (χ1n) is 4.32. The van der Waals surface area contributed by atoms with E-state index in [1.807, 2.05) is 12.2 Å². The summed E-state index contributed by atoms with van der Waals surface area (Å²) in [5, 5.41) is 1.75. The van der Waals surface area contributed by atoms with Crippen LogP contribution in [-0.2, 0) is 0 Å². The van der Waals surface area contributed by atoms with E-state index in [2.05, 4.69) is 33.1 Å². The summed E-state index contributed by atoms with van der Waals surface area (Å²) in [6, 6.07) is 0. The van der Waals surface area contributed by atoms with Gasteiger partial charge in [-0.05, 0) is 11.3 Å². The molecule has 12 heavy (non-hydrogen) atoms. The molecule has 0 aliphatic rings. The first-order valence-corrected chi connectivity index (χ1v) is 4.84.